The predicted molar refractivity (Wildman–Crippen MR) is 112 cm³/mol. The van der Waals surface area contributed by atoms with Crippen molar-refractivity contribution in [2.45, 2.75) is 12.1 Å². The van der Waals surface area contributed by atoms with Crippen LogP contribution in [0.4, 0.5) is 0 Å². The number of hydrogen-bond donors (Lipinski definition) is 1. The molecule has 2 aromatic carbocycles. The molecule has 150 valence electrons. The lowest BCUT2D eigenvalue weighted by Gasteiger charge is -2.08. The van der Waals surface area contributed by atoms with E-state index in [9.17, 15) is 4.79 Å². The van der Waals surface area contributed by atoms with Gasteiger partial charge >= 0.3 is 0 Å². The summed E-state index contributed by atoms with van der Waals surface area (Å²) < 4.78 is 12.4. The number of amides is 1. The molecule has 0 bridgehead atoms. The van der Waals surface area contributed by atoms with Crippen LogP contribution in [0.2, 0.25) is 0 Å². The second-order valence-corrected chi connectivity index (χ2v) is 6.84. The van der Waals surface area contributed by atoms with Crippen LogP contribution in [-0.4, -0.2) is 46.9 Å². The van der Waals surface area contributed by atoms with Crippen LogP contribution in [0.5, 0.6) is 11.5 Å². The van der Waals surface area contributed by atoms with Gasteiger partial charge in [0.05, 0.1) is 26.2 Å². The zero-order valence-electron chi connectivity index (χ0n) is 16.3. The number of nitrogens with zero attached hydrogens (tertiary/aromatic N) is 4. The Morgan fingerprint density at radius 2 is 1.90 bits per heavy atom. The average molecular weight is 411 g/mol. The summed E-state index contributed by atoms with van der Waals surface area (Å²) >= 11 is 1.29. The number of nitrogens with one attached hydrogen (secondary N) is 1. The number of hydrazone groups is 1. The number of hydrogen-bond acceptors (Lipinski definition) is 7. The molecule has 3 aromatic rings. The van der Waals surface area contributed by atoms with Crippen LogP contribution < -0.4 is 14.9 Å². The maximum Gasteiger partial charge on any atom is 0.250 e. The van der Waals surface area contributed by atoms with Crippen LogP contribution in [0.15, 0.2) is 58.8 Å². The molecule has 0 radical (unpaired) electrons. The van der Waals surface area contributed by atoms with E-state index in [4.69, 9.17) is 9.47 Å². The van der Waals surface area contributed by atoms with Gasteiger partial charge in [-0.25, -0.2) is 5.43 Å². The molecular formula is C20H21N5O3S. The van der Waals surface area contributed by atoms with Gasteiger partial charge in [0.1, 0.15) is 5.82 Å². The number of carbonyl (C=O) groups is 1. The van der Waals surface area contributed by atoms with E-state index in [1.165, 1.54) is 11.8 Å². The van der Waals surface area contributed by atoms with E-state index in [1.54, 1.807) is 32.6 Å². The molecule has 0 aliphatic heterocycles. The molecule has 0 atom stereocenters. The van der Waals surface area contributed by atoms with E-state index in [0.29, 0.717) is 16.7 Å². The van der Waals surface area contributed by atoms with Crippen LogP contribution >= 0.6 is 11.8 Å². The van der Waals surface area contributed by atoms with Crippen LogP contribution in [0.3, 0.4) is 0 Å². The normalized spacial score (nSPS) is 10.9. The zero-order chi connectivity index (χ0) is 20.6. The molecule has 0 aliphatic carbocycles. The van der Waals surface area contributed by atoms with Gasteiger partial charge in [-0.15, -0.1) is 10.2 Å². The number of aromatic nitrogens is 3. The van der Waals surface area contributed by atoms with E-state index in [1.807, 2.05) is 47.9 Å². The topological polar surface area (TPSA) is 90.6 Å². The Bertz CT molecular complexity index is 1000. The Hall–Kier alpha value is -3.33. The molecule has 0 saturated carbocycles. The van der Waals surface area contributed by atoms with Crippen LogP contribution in [0, 0.1) is 6.92 Å². The summed E-state index contributed by atoms with van der Waals surface area (Å²) in [5.74, 6) is 1.89. The van der Waals surface area contributed by atoms with Gasteiger partial charge in [-0.2, -0.15) is 5.10 Å². The first-order chi connectivity index (χ1) is 14.1. The van der Waals surface area contributed by atoms with Crippen molar-refractivity contribution in [2.75, 3.05) is 20.0 Å². The van der Waals surface area contributed by atoms with Crippen molar-refractivity contribution >= 4 is 23.9 Å². The lowest BCUT2D eigenvalue weighted by Crippen LogP contribution is -2.20. The molecule has 0 spiro atoms. The zero-order valence-corrected chi connectivity index (χ0v) is 17.1. The van der Waals surface area contributed by atoms with E-state index in [2.05, 4.69) is 20.7 Å². The quantitative estimate of drug-likeness (QED) is 0.348. The third kappa shape index (κ3) is 5.14. The summed E-state index contributed by atoms with van der Waals surface area (Å²) in [6.45, 7) is 1.87. The summed E-state index contributed by atoms with van der Waals surface area (Å²) in [6.07, 6.45) is 1.54. The summed E-state index contributed by atoms with van der Waals surface area (Å²) in [5.41, 5.74) is 4.24. The van der Waals surface area contributed by atoms with Gasteiger partial charge in [0, 0.05) is 5.69 Å². The fourth-order valence-electron chi connectivity index (χ4n) is 2.59. The maximum atomic E-state index is 12.1. The first-order valence-corrected chi connectivity index (χ1v) is 9.75. The third-order valence-corrected chi connectivity index (χ3v) is 4.88. The summed E-state index contributed by atoms with van der Waals surface area (Å²) in [5, 5.41) is 12.9. The van der Waals surface area contributed by atoms with Crippen molar-refractivity contribution < 1.29 is 14.3 Å². The van der Waals surface area contributed by atoms with Gasteiger partial charge in [-0.05, 0) is 42.8 Å². The van der Waals surface area contributed by atoms with Crippen molar-refractivity contribution in [3.63, 3.8) is 0 Å². The van der Waals surface area contributed by atoms with Gasteiger partial charge < -0.3 is 9.47 Å². The molecule has 1 heterocycles. The molecule has 3 rings (SSSR count). The van der Waals surface area contributed by atoms with E-state index in [-0.39, 0.29) is 11.7 Å². The monoisotopic (exact) mass is 411 g/mol. The lowest BCUT2D eigenvalue weighted by molar-refractivity contribution is -0.118. The molecule has 0 fully saturated rings. The summed E-state index contributed by atoms with van der Waals surface area (Å²) in [4.78, 5) is 12.1. The fourth-order valence-corrected chi connectivity index (χ4v) is 3.37. The third-order valence-electron chi connectivity index (χ3n) is 3.95. The van der Waals surface area contributed by atoms with Crippen molar-refractivity contribution in [3.8, 4) is 17.2 Å². The predicted octanol–water partition coefficient (Wildman–Crippen LogP) is 2.84. The van der Waals surface area contributed by atoms with Crippen molar-refractivity contribution in [1.82, 2.24) is 20.2 Å². The number of rotatable bonds is 8. The molecule has 9 heteroatoms. The Kier molecular flexibility index (Phi) is 6.85. The minimum atomic E-state index is -0.244. The number of aryl methyl sites for hydroxylation is 1. The van der Waals surface area contributed by atoms with E-state index in [0.717, 1.165) is 17.1 Å². The largest absolute Gasteiger partial charge is 0.493 e. The fraction of sp³-hybridized carbons (Fsp3) is 0.200. The highest BCUT2D eigenvalue weighted by Gasteiger charge is 2.13. The van der Waals surface area contributed by atoms with Crippen LogP contribution in [0.1, 0.15) is 11.4 Å². The average Bonchev–Trinajstić information content (AvgIpc) is 3.13. The Balaban J connectivity index is 1.58. The standard InChI is InChI=1S/C20H21N5O3S/c1-14-22-24-20(25(14)16-7-5-4-6-8-16)29-13-19(26)23-21-12-15-9-10-17(27-2)18(11-15)28-3/h4-12H,13H2,1-3H3,(H,23,26)/b21-12-. The Morgan fingerprint density at radius 1 is 1.14 bits per heavy atom. The molecule has 0 saturated heterocycles. The van der Waals surface area contributed by atoms with Crippen molar-refractivity contribution in [1.29, 1.82) is 0 Å². The second kappa shape index (κ2) is 9.74. The number of methoxy groups -OCH3 is 2. The highest BCUT2D eigenvalue weighted by atomic mass is 32.2. The molecule has 0 aliphatic rings. The number of thioether (sulfide) groups is 1. The SMILES string of the molecule is COc1ccc(/C=N\NC(=O)CSc2nnc(C)n2-c2ccccc2)cc1OC. The highest BCUT2D eigenvalue weighted by molar-refractivity contribution is 7.99. The number of benzene rings is 2. The minimum Gasteiger partial charge on any atom is -0.493 e. The van der Waals surface area contributed by atoms with Gasteiger partial charge in [0.25, 0.3) is 5.91 Å². The summed E-state index contributed by atoms with van der Waals surface area (Å²) in [7, 11) is 3.14. The van der Waals surface area contributed by atoms with E-state index < -0.39 is 0 Å². The number of para-hydroxylation sites is 1. The second-order valence-electron chi connectivity index (χ2n) is 5.90. The molecule has 1 N–H and O–H groups in total. The molecular weight excluding hydrogens is 390 g/mol. The first-order valence-electron chi connectivity index (χ1n) is 8.76. The van der Waals surface area contributed by atoms with Gasteiger partial charge in [-0.1, -0.05) is 30.0 Å². The Labute approximate surface area is 172 Å². The maximum absolute atomic E-state index is 12.1. The minimum absolute atomic E-state index is 0.161. The van der Waals surface area contributed by atoms with Gasteiger partial charge in [-0.3, -0.25) is 9.36 Å². The lowest BCUT2D eigenvalue weighted by atomic mass is 10.2. The molecule has 0 unspecified atom stereocenters. The molecule has 1 aromatic heterocycles. The number of ether oxygens (including phenoxy) is 2. The van der Waals surface area contributed by atoms with Gasteiger partial charge in [0.15, 0.2) is 16.7 Å². The van der Waals surface area contributed by atoms with Crippen LogP contribution in [-0.2, 0) is 4.79 Å². The van der Waals surface area contributed by atoms with E-state index >= 15 is 0 Å². The van der Waals surface area contributed by atoms with Crippen LogP contribution in [0.25, 0.3) is 5.69 Å². The van der Waals surface area contributed by atoms with Crippen molar-refractivity contribution in [3.05, 3.63) is 59.9 Å². The first kappa shape index (κ1) is 20.4. The molecule has 1 amide bonds. The summed E-state index contributed by atoms with van der Waals surface area (Å²) in [6, 6.07) is 15.1. The highest BCUT2D eigenvalue weighted by Crippen LogP contribution is 2.26. The van der Waals surface area contributed by atoms with Crippen molar-refractivity contribution in [2.24, 2.45) is 5.10 Å². The molecule has 29 heavy (non-hydrogen) atoms. The van der Waals surface area contributed by atoms with Gasteiger partial charge in [0.2, 0.25) is 0 Å². The molecule has 8 nitrogen and oxygen atoms in total. The smallest absolute Gasteiger partial charge is 0.250 e. The Morgan fingerprint density at radius 3 is 2.62 bits per heavy atom. The number of carbonyl (C=O) groups excluding carboxylic acids is 1.